The lowest BCUT2D eigenvalue weighted by Gasteiger charge is -2.33. The van der Waals surface area contributed by atoms with Gasteiger partial charge in [-0.15, -0.1) is 0 Å². The number of hydrogen-bond donors (Lipinski definition) is 1. The molecule has 1 aromatic heterocycles. The van der Waals surface area contributed by atoms with Crippen molar-refractivity contribution in [1.29, 1.82) is 0 Å². The molecule has 1 N–H and O–H groups in total. The molecule has 0 saturated carbocycles. The van der Waals surface area contributed by atoms with Gasteiger partial charge in [-0.1, -0.05) is 0 Å². The minimum atomic E-state index is 0.160. The fourth-order valence-electron chi connectivity index (χ4n) is 3.15. The first-order chi connectivity index (χ1) is 8.79. The molecule has 1 aromatic rings. The Morgan fingerprint density at radius 1 is 1.22 bits per heavy atom. The van der Waals surface area contributed by atoms with Crippen LogP contribution >= 0.6 is 0 Å². The number of likely N-dealkylation sites (tertiary alicyclic amines) is 1. The number of carbonyl (C=O) groups is 1. The minimum absolute atomic E-state index is 0.160. The van der Waals surface area contributed by atoms with Gasteiger partial charge < -0.3 is 10.2 Å². The Hall–Kier alpha value is -1.42. The third-order valence-electron chi connectivity index (χ3n) is 4.32. The zero-order chi connectivity index (χ0) is 12.4. The monoisotopic (exact) mass is 245 g/mol. The van der Waals surface area contributed by atoms with Crippen LogP contribution in [0.2, 0.25) is 0 Å². The van der Waals surface area contributed by atoms with Crippen molar-refractivity contribution in [3.8, 4) is 0 Å². The zero-order valence-electron chi connectivity index (χ0n) is 10.6. The van der Waals surface area contributed by atoms with Gasteiger partial charge in [-0.2, -0.15) is 0 Å². The molecule has 0 aromatic carbocycles. The number of amides is 1. The molecule has 1 amide bonds. The van der Waals surface area contributed by atoms with E-state index < -0.39 is 0 Å². The van der Waals surface area contributed by atoms with E-state index in [1.165, 1.54) is 12.8 Å². The van der Waals surface area contributed by atoms with E-state index in [0.29, 0.717) is 5.41 Å². The Morgan fingerprint density at radius 3 is 2.67 bits per heavy atom. The maximum atomic E-state index is 12.4. The van der Waals surface area contributed by atoms with Crippen LogP contribution in [0.3, 0.4) is 0 Å². The third kappa shape index (κ3) is 2.12. The predicted octanol–water partition coefficient (Wildman–Crippen LogP) is 1.30. The van der Waals surface area contributed by atoms with Crippen molar-refractivity contribution < 1.29 is 4.79 Å². The van der Waals surface area contributed by atoms with Gasteiger partial charge in [0.05, 0.1) is 0 Å². The number of hydrogen-bond acceptors (Lipinski definition) is 3. The SMILES string of the molecule is O=C(c1ccncc1)N1CCC2(CCNCC2)C1. The summed E-state index contributed by atoms with van der Waals surface area (Å²) in [6.45, 7) is 4.02. The number of aromatic nitrogens is 1. The van der Waals surface area contributed by atoms with Crippen molar-refractivity contribution in [2.45, 2.75) is 19.3 Å². The fraction of sp³-hybridized carbons (Fsp3) is 0.571. The highest BCUT2D eigenvalue weighted by molar-refractivity contribution is 5.94. The van der Waals surface area contributed by atoms with E-state index >= 15 is 0 Å². The van der Waals surface area contributed by atoms with Crippen molar-refractivity contribution in [2.75, 3.05) is 26.2 Å². The number of nitrogens with zero attached hydrogens (tertiary/aromatic N) is 2. The summed E-state index contributed by atoms with van der Waals surface area (Å²) in [5, 5.41) is 3.40. The van der Waals surface area contributed by atoms with Crippen LogP contribution in [0.15, 0.2) is 24.5 Å². The van der Waals surface area contributed by atoms with Crippen LogP contribution in [-0.4, -0.2) is 42.0 Å². The quantitative estimate of drug-likeness (QED) is 0.811. The molecule has 3 rings (SSSR count). The molecule has 0 radical (unpaired) electrons. The van der Waals surface area contributed by atoms with Crippen LogP contribution in [0.25, 0.3) is 0 Å². The molecule has 2 saturated heterocycles. The molecule has 2 aliphatic heterocycles. The average Bonchev–Trinajstić information content (AvgIpc) is 2.83. The van der Waals surface area contributed by atoms with Crippen LogP contribution in [0.1, 0.15) is 29.6 Å². The van der Waals surface area contributed by atoms with Gasteiger partial charge >= 0.3 is 0 Å². The lowest BCUT2D eigenvalue weighted by molar-refractivity contribution is 0.0761. The first-order valence-electron chi connectivity index (χ1n) is 6.69. The molecule has 2 aliphatic rings. The highest BCUT2D eigenvalue weighted by Gasteiger charge is 2.40. The topological polar surface area (TPSA) is 45.2 Å². The van der Waals surface area contributed by atoms with Crippen LogP contribution in [0, 0.1) is 5.41 Å². The number of piperidine rings is 1. The standard InChI is InChI=1S/C14H19N3O/c18-13(12-1-6-15-7-2-12)17-10-5-14(11-17)3-8-16-9-4-14/h1-2,6-7,16H,3-5,8-11H2. The van der Waals surface area contributed by atoms with E-state index in [4.69, 9.17) is 0 Å². The van der Waals surface area contributed by atoms with Gasteiger partial charge in [0.15, 0.2) is 0 Å². The number of pyridine rings is 1. The van der Waals surface area contributed by atoms with Crippen molar-refractivity contribution >= 4 is 5.91 Å². The Morgan fingerprint density at radius 2 is 1.94 bits per heavy atom. The second kappa shape index (κ2) is 4.69. The largest absolute Gasteiger partial charge is 0.338 e. The average molecular weight is 245 g/mol. The van der Waals surface area contributed by atoms with E-state index in [-0.39, 0.29) is 5.91 Å². The van der Waals surface area contributed by atoms with Gasteiger partial charge in [-0.25, -0.2) is 0 Å². The second-order valence-electron chi connectivity index (χ2n) is 5.46. The van der Waals surface area contributed by atoms with Crippen LogP contribution in [-0.2, 0) is 0 Å². The molecule has 0 atom stereocenters. The smallest absolute Gasteiger partial charge is 0.253 e. The third-order valence-corrected chi connectivity index (χ3v) is 4.32. The normalized spacial score (nSPS) is 22.3. The van der Waals surface area contributed by atoms with E-state index in [1.807, 2.05) is 4.90 Å². The van der Waals surface area contributed by atoms with Crippen LogP contribution in [0.4, 0.5) is 0 Å². The Balaban J connectivity index is 1.70. The molecular weight excluding hydrogens is 226 g/mol. The van der Waals surface area contributed by atoms with Gasteiger partial charge in [-0.3, -0.25) is 9.78 Å². The van der Waals surface area contributed by atoms with E-state index in [9.17, 15) is 4.79 Å². The molecule has 1 spiro atoms. The highest BCUT2D eigenvalue weighted by Crippen LogP contribution is 2.38. The summed E-state index contributed by atoms with van der Waals surface area (Å²) in [6, 6.07) is 3.60. The lowest BCUT2D eigenvalue weighted by Crippen LogP contribution is -2.39. The fourth-order valence-corrected chi connectivity index (χ4v) is 3.15. The summed E-state index contributed by atoms with van der Waals surface area (Å²) in [6.07, 6.45) is 6.93. The first-order valence-corrected chi connectivity index (χ1v) is 6.69. The second-order valence-corrected chi connectivity index (χ2v) is 5.46. The Bertz CT molecular complexity index is 426. The summed E-state index contributed by atoms with van der Waals surface area (Å²) in [5.41, 5.74) is 1.14. The van der Waals surface area contributed by atoms with Crippen molar-refractivity contribution in [1.82, 2.24) is 15.2 Å². The maximum Gasteiger partial charge on any atom is 0.253 e. The molecule has 4 nitrogen and oxygen atoms in total. The number of nitrogens with one attached hydrogen (secondary N) is 1. The van der Waals surface area contributed by atoms with Gasteiger partial charge in [0.25, 0.3) is 5.91 Å². The van der Waals surface area contributed by atoms with Crippen molar-refractivity contribution in [3.05, 3.63) is 30.1 Å². The molecule has 0 aliphatic carbocycles. The van der Waals surface area contributed by atoms with E-state index in [2.05, 4.69) is 10.3 Å². The molecular formula is C14H19N3O. The summed E-state index contributed by atoms with van der Waals surface area (Å²) < 4.78 is 0. The number of rotatable bonds is 1. The van der Waals surface area contributed by atoms with Gasteiger partial charge in [0.2, 0.25) is 0 Å². The Kier molecular flexibility index (Phi) is 3.04. The van der Waals surface area contributed by atoms with Crippen molar-refractivity contribution in [3.63, 3.8) is 0 Å². The molecule has 3 heterocycles. The van der Waals surface area contributed by atoms with Gasteiger partial charge in [0.1, 0.15) is 0 Å². The summed E-state index contributed by atoms with van der Waals surface area (Å²) >= 11 is 0. The molecule has 4 heteroatoms. The Labute approximate surface area is 107 Å². The summed E-state index contributed by atoms with van der Waals surface area (Å²) in [7, 11) is 0. The van der Waals surface area contributed by atoms with E-state index in [0.717, 1.165) is 38.2 Å². The lowest BCUT2D eigenvalue weighted by atomic mass is 9.78. The van der Waals surface area contributed by atoms with Crippen LogP contribution < -0.4 is 5.32 Å². The first kappa shape index (κ1) is 11.7. The maximum absolute atomic E-state index is 12.4. The molecule has 2 fully saturated rings. The summed E-state index contributed by atoms with van der Waals surface area (Å²) in [4.78, 5) is 18.3. The van der Waals surface area contributed by atoms with Crippen molar-refractivity contribution in [2.24, 2.45) is 5.41 Å². The molecule has 0 unspecified atom stereocenters. The zero-order valence-corrected chi connectivity index (χ0v) is 10.6. The van der Waals surface area contributed by atoms with E-state index in [1.54, 1.807) is 24.5 Å². The summed E-state index contributed by atoms with van der Waals surface area (Å²) in [5.74, 6) is 0.160. The van der Waals surface area contributed by atoms with Gasteiger partial charge in [0, 0.05) is 31.0 Å². The van der Waals surface area contributed by atoms with Crippen LogP contribution in [0.5, 0.6) is 0 Å². The predicted molar refractivity (Wildman–Crippen MR) is 69.3 cm³/mol. The molecule has 96 valence electrons. The van der Waals surface area contributed by atoms with Gasteiger partial charge in [-0.05, 0) is 49.9 Å². The number of carbonyl (C=O) groups excluding carboxylic acids is 1. The molecule has 18 heavy (non-hydrogen) atoms. The molecule has 0 bridgehead atoms. The highest BCUT2D eigenvalue weighted by atomic mass is 16.2. The minimum Gasteiger partial charge on any atom is -0.338 e.